The van der Waals surface area contributed by atoms with Crippen LogP contribution in [-0.4, -0.2) is 39.2 Å². The number of Topliss-reactive ketones (excluding diaryl/α,β-unsaturated/α-hetero) is 1. The molecule has 0 spiro atoms. The maximum Gasteiger partial charge on any atom is 0.335 e. The van der Waals surface area contributed by atoms with Gasteiger partial charge in [0.25, 0.3) is 5.91 Å². The van der Waals surface area contributed by atoms with Crippen molar-refractivity contribution in [3.05, 3.63) is 82.7 Å². The number of fused-ring (bicyclic) bond motifs is 1. The van der Waals surface area contributed by atoms with Crippen LogP contribution in [0, 0.1) is 5.41 Å². The Morgan fingerprint density at radius 1 is 1.14 bits per heavy atom. The smallest absolute Gasteiger partial charge is 0.335 e. The molecule has 37 heavy (non-hydrogen) atoms. The van der Waals surface area contributed by atoms with Gasteiger partial charge in [-0.2, -0.15) is 5.10 Å². The summed E-state index contributed by atoms with van der Waals surface area (Å²) in [6.45, 7) is 6.54. The Kier molecular flexibility index (Phi) is 6.07. The molecule has 0 radical (unpaired) electrons. The normalized spacial score (nSPS) is 17.9. The molecular weight excluding hydrogens is 472 g/mol. The van der Waals surface area contributed by atoms with Crippen LogP contribution in [0.5, 0.6) is 5.75 Å². The zero-order chi connectivity index (χ0) is 26.3. The molecule has 3 aromatic rings. The zero-order valence-corrected chi connectivity index (χ0v) is 20.9. The van der Waals surface area contributed by atoms with E-state index < -0.39 is 12.0 Å². The third kappa shape index (κ3) is 4.60. The van der Waals surface area contributed by atoms with E-state index in [1.165, 1.54) is 18.3 Å². The third-order valence-corrected chi connectivity index (χ3v) is 6.64. The molecule has 0 fully saturated rings. The zero-order valence-electron chi connectivity index (χ0n) is 20.9. The number of allylic oxidation sites excluding steroid dienone is 2. The van der Waals surface area contributed by atoms with Gasteiger partial charge in [-0.1, -0.05) is 26.0 Å². The van der Waals surface area contributed by atoms with Gasteiger partial charge in [-0.25, -0.2) is 9.48 Å². The van der Waals surface area contributed by atoms with Gasteiger partial charge in [-0.3, -0.25) is 9.59 Å². The van der Waals surface area contributed by atoms with Crippen LogP contribution in [0.3, 0.4) is 0 Å². The van der Waals surface area contributed by atoms with Crippen molar-refractivity contribution in [2.45, 2.75) is 39.7 Å². The molecule has 1 atom stereocenters. The molecule has 2 aromatic carbocycles. The van der Waals surface area contributed by atoms with Crippen molar-refractivity contribution in [2.75, 3.05) is 17.2 Å². The number of anilines is 2. The number of nitrogens with one attached hydrogen (secondary N) is 2. The molecule has 0 saturated heterocycles. The topological polar surface area (TPSA) is 123 Å². The Bertz CT molecular complexity index is 1420. The Hall–Kier alpha value is -4.40. The molecule has 5 rings (SSSR count). The first kappa shape index (κ1) is 24.3. The molecule has 0 unspecified atom stereocenters. The molecule has 190 valence electrons. The molecule has 1 aliphatic heterocycles. The summed E-state index contributed by atoms with van der Waals surface area (Å²) < 4.78 is 7.10. The van der Waals surface area contributed by atoms with Crippen molar-refractivity contribution in [2.24, 2.45) is 5.41 Å². The van der Waals surface area contributed by atoms with E-state index in [1.807, 2.05) is 20.8 Å². The number of aromatic carboxylic acids is 1. The number of ketones is 1. The lowest BCUT2D eigenvalue weighted by Gasteiger charge is -2.39. The predicted octanol–water partition coefficient (Wildman–Crippen LogP) is 4.89. The number of amides is 1. The number of carbonyl (C=O) groups excluding carboxylic acids is 2. The minimum Gasteiger partial charge on any atom is -0.494 e. The van der Waals surface area contributed by atoms with Crippen LogP contribution < -0.4 is 15.4 Å². The second-order valence-electron chi connectivity index (χ2n) is 10.1. The summed E-state index contributed by atoms with van der Waals surface area (Å²) in [6, 6.07) is 12.9. The second kappa shape index (κ2) is 9.24. The Labute approximate surface area is 214 Å². The Balaban J connectivity index is 1.53. The van der Waals surface area contributed by atoms with Crippen molar-refractivity contribution in [1.29, 1.82) is 0 Å². The highest BCUT2D eigenvalue weighted by molar-refractivity contribution is 6.08. The maximum atomic E-state index is 13.3. The highest BCUT2D eigenvalue weighted by Crippen LogP contribution is 2.46. The van der Waals surface area contributed by atoms with E-state index in [0.717, 1.165) is 11.3 Å². The summed E-state index contributed by atoms with van der Waals surface area (Å²) >= 11 is 0. The van der Waals surface area contributed by atoms with Crippen molar-refractivity contribution in [1.82, 2.24) is 9.78 Å². The van der Waals surface area contributed by atoms with E-state index >= 15 is 0 Å². The first-order valence-electron chi connectivity index (χ1n) is 12.1. The van der Waals surface area contributed by atoms with E-state index in [2.05, 4.69) is 15.7 Å². The number of carboxylic acids is 1. The standard InChI is InChI=1S/C28H28N4O5/c1-4-37-19-11-9-18(10-12-19)30-26(34)20-15-29-32-24(16-5-7-17(8-6-16)27(35)36)23-21(31-25(20)32)13-28(2,3)14-22(23)33/h5-12,15,24,31H,4,13-14H2,1-3H3,(H,30,34)(H,35,36)/t24-/m1/s1. The van der Waals surface area contributed by atoms with Crippen LogP contribution in [0.2, 0.25) is 0 Å². The molecule has 1 aromatic heterocycles. The van der Waals surface area contributed by atoms with Crippen molar-refractivity contribution >= 4 is 29.2 Å². The van der Waals surface area contributed by atoms with Gasteiger partial charge < -0.3 is 20.5 Å². The number of hydrogen-bond acceptors (Lipinski definition) is 6. The molecule has 9 heteroatoms. The minimum atomic E-state index is -1.03. The third-order valence-electron chi connectivity index (χ3n) is 6.64. The van der Waals surface area contributed by atoms with E-state index in [-0.39, 0.29) is 22.7 Å². The van der Waals surface area contributed by atoms with Crippen LogP contribution >= 0.6 is 0 Å². The first-order chi connectivity index (χ1) is 17.7. The number of benzene rings is 2. The fourth-order valence-corrected chi connectivity index (χ4v) is 4.99. The fraction of sp³-hybridized carbons (Fsp3) is 0.286. The lowest BCUT2D eigenvalue weighted by atomic mass is 9.73. The summed E-state index contributed by atoms with van der Waals surface area (Å²) in [5.74, 6) is -0.165. The molecule has 1 aliphatic carbocycles. The summed E-state index contributed by atoms with van der Waals surface area (Å²) in [6.07, 6.45) is 2.50. The number of carboxylic acid groups (broad SMARTS) is 1. The quantitative estimate of drug-likeness (QED) is 0.440. The molecule has 0 bridgehead atoms. The van der Waals surface area contributed by atoms with Crippen LogP contribution in [0.15, 0.2) is 66.0 Å². The second-order valence-corrected chi connectivity index (χ2v) is 10.1. The Morgan fingerprint density at radius 2 is 1.84 bits per heavy atom. The van der Waals surface area contributed by atoms with Crippen LogP contribution in [0.1, 0.15) is 65.9 Å². The average Bonchev–Trinajstić information content (AvgIpc) is 3.27. The molecule has 3 N–H and O–H groups in total. The predicted molar refractivity (Wildman–Crippen MR) is 138 cm³/mol. The fourth-order valence-electron chi connectivity index (χ4n) is 4.99. The lowest BCUT2D eigenvalue weighted by Crippen LogP contribution is -2.37. The van der Waals surface area contributed by atoms with E-state index in [1.54, 1.807) is 41.1 Å². The molecule has 2 aliphatic rings. The van der Waals surface area contributed by atoms with Gasteiger partial charge >= 0.3 is 5.97 Å². The number of carbonyl (C=O) groups is 3. The highest BCUT2D eigenvalue weighted by Gasteiger charge is 2.42. The molecular formula is C28H28N4O5. The van der Waals surface area contributed by atoms with E-state index in [0.29, 0.717) is 47.8 Å². The van der Waals surface area contributed by atoms with Gasteiger partial charge in [-0.15, -0.1) is 0 Å². The van der Waals surface area contributed by atoms with Gasteiger partial charge in [0.15, 0.2) is 5.78 Å². The summed E-state index contributed by atoms with van der Waals surface area (Å²) in [4.78, 5) is 38.0. The summed E-state index contributed by atoms with van der Waals surface area (Å²) in [7, 11) is 0. The number of ether oxygens (including phenoxy) is 1. The number of hydrogen-bond donors (Lipinski definition) is 3. The van der Waals surface area contributed by atoms with Gasteiger partial charge in [0.05, 0.1) is 18.4 Å². The van der Waals surface area contributed by atoms with E-state index in [9.17, 15) is 19.5 Å². The molecule has 0 saturated carbocycles. The summed E-state index contributed by atoms with van der Waals surface area (Å²) in [5.41, 5.74) is 2.93. The largest absolute Gasteiger partial charge is 0.494 e. The SMILES string of the molecule is CCOc1ccc(NC(=O)c2cnn3c2NC2=C(C(=O)CC(C)(C)C2)[C@H]3c2ccc(C(=O)O)cc2)cc1. The van der Waals surface area contributed by atoms with Gasteiger partial charge in [0.2, 0.25) is 0 Å². The maximum absolute atomic E-state index is 13.3. The molecule has 2 heterocycles. The summed E-state index contributed by atoms with van der Waals surface area (Å²) in [5, 5.41) is 20.1. The lowest BCUT2D eigenvalue weighted by molar-refractivity contribution is -0.118. The number of nitrogens with zero attached hydrogens (tertiary/aromatic N) is 2. The first-order valence-corrected chi connectivity index (χ1v) is 12.1. The van der Waals surface area contributed by atoms with Gasteiger partial charge in [-0.05, 0) is 60.7 Å². The number of rotatable bonds is 6. The highest BCUT2D eigenvalue weighted by atomic mass is 16.5. The van der Waals surface area contributed by atoms with Crippen LogP contribution in [0.25, 0.3) is 0 Å². The van der Waals surface area contributed by atoms with Crippen molar-refractivity contribution < 1.29 is 24.2 Å². The molecule has 9 nitrogen and oxygen atoms in total. The monoisotopic (exact) mass is 500 g/mol. The van der Waals surface area contributed by atoms with Crippen molar-refractivity contribution in [3.8, 4) is 5.75 Å². The van der Waals surface area contributed by atoms with Gasteiger partial charge in [0, 0.05) is 23.4 Å². The average molecular weight is 501 g/mol. The van der Waals surface area contributed by atoms with Gasteiger partial charge in [0.1, 0.15) is 23.2 Å². The van der Waals surface area contributed by atoms with E-state index in [4.69, 9.17) is 4.74 Å². The molecule has 1 amide bonds. The van der Waals surface area contributed by atoms with Crippen molar-refractivity contribution in [3.63, 3.8) is 0 Å². The number of aromatic nitrogens is 2. The Morgan fingerprint density at radius 3 is 2.49 bits per heavy atom. The van der Waals surface area contributed by atoms with Crippen LogP contribution in [0.4, 0.5) is 11.5 Å². The minimum absolute atomic E-state index is 0.00704. The van der Waals surface area contributed by atoms with Crippen LogP contribution in [-0.2, 0) is 4.79 Å².